The summed E-state index contributed by atoms with van der Waals surface area (Å²) in [6.45, 7) is 3.45. The zero-order valence-electron chi connectivity index (χ0n) is 51.4. The monoisotopic (exact) mass is 1170 g/mol. The van der Waals surface area contributed by atoms with Crippen LogP contribution in [0.15, 0.2) is 109 Å². The van der Waals surface area contributed by atoms with E-state index >= 15 is 0 Å². The van der Waals surface area contributed by atoms with Crippen LogP contribution in [-0.2, 0) is 33.2 Å². The molecule has 0 amide bonds. The summed E-state index contributed by atoms with van der Waals surface area (Å²) in [5, 5.41) is 72.6. The largest absolute Gasteiger partial charge is 0.457 e. The second-order valence-corrected chi connectivity index (χ2v) is 22.2. The van der Waals surface area contributed by atoms with E-state index in [0.717, 1.165) is 109 Å². The first-order valence-corrected chi connectivity index (χ1v) is 32.5. The topological polar surface area (TPSA) is 214 Å². The molecule has 476 valence electrons. The molecular formula is C69H116O14. The molecule has 0 aromatic heterocycles. The highest BCUT2D eigenvalue weighted by Crippen LogP contribution is 2.27. The molecule has 83 heavy (non-hydrogen) atoms. The Morgan fingerprint density at radius 1 is 0.398 bits per heavy atom. The maximum absolute atomic E-state index is 13.1. The fourth-order valence-corrected chi connectivity index (χ4v) is 9.66. The molecule has 0 aromatic rings. The van der Waals surface area contributed by atoms with Gasteiger partial charge in [0.05, 0.1) is 26.4 Å². The van der Waals surface area contributed by atoms with E-state index in [0.29, 0.717) is 13.0 Å². The molecule has 11 atom stereocenters. The van der Waals surface area contributed by atoms with Gasteiger partial charge in [-0.25, -0.2) is 0 Å². The Kier molecular flexibility index (Phi) is 49.3. The fraction of sp³-hybridized carbons (Fsp3) is 0.725. The molecule has 14 heteroatoms. The third-order valence-corrected chi connectivity index (χ3v) is 14.8. The van der Waals surface area contributed by atoms with Crippen LogP contribution in [0.3, 0.4) is 0 Å². The van der Waals surface area contributed by atoms with E-state index in [2.05, 4.69) is 123 Å². The first-order chi connectivity index (χ1) is 40.6. The number of aliphatic hydroxyl groups is 7. The number of aliphatic hydroxyl groups excluding tert-OH is 7. The molecule has 0 aromatic carbocycles. The lowest BCUT2D eigenvalue weighted by Gasteiger charge is -2.42. The molecule has 2 saturated heterocycles. The Morgan fingerprint density at radius 2 is 0.747 bits per heavy atom. The van der Waals surface area contributed by atoms with Crippen molar-refractivity contribution in [1.29, 1.82) is 0 Å². The van der Waals surface area contributed by atoms with Gasteiger partial charge in [0.15, 0.2) is 12.6 Å². The quantitative estimate of drug-likeness (QED) is 0.0172. The Balaban J connectivity index is 1.68. The van der Waals surface area contributed by atoms with Crippen molar-refractivity contribution in [3.63, 3.8) is 0 Å². The average molecular weight is 1170 g/mol. The highest BCUT2D eigenvalue weighted by atomic mass is 16.7. The van der Waals surface area contributed by atoms with Crippen LogP contribution in [0.1, 0.15) is 219 Å². The molecular weight excluding hydrogens is 1050 g/mol. The van der Waals surface area contributed by atoms with Crippen molar-refractivity contribution in [1.82, 2.24) is 0 Å². The summed E-state index contributed by atoms with van der Waals surface area (Å²) >= 11 is 0. The molecule has 11 unspecified atom stereocenters. The van der Waals surface area contributed by atoms with Crippen molar-refractivity contribution in [2.45, 2.75) is 287 Å². The van der Waals surface area contributed by atoms with E-state index in [9.17, 15) is 40.5 Å². The molecule has 0 aliphatic carbocycles. The minimum atomic E-state index is -1.72. The highest BCUT2D eigenvalue weighted by Gasteiger charge is 2.47. The van der Waals surface area contributed by atoms with E-state index in [4.69, 9.17) is 28.4 Å². The molecule has 2 rings (SSSR count). The van der Waals surface area contributed by atoms with E-state index in [1.54, 1.807) is 0 Å². The predicted molar refractivity (Wildman–Crippen MR) is 334 cm³/mol. The highest BCUT2D eigenvalue weighted by molar-refractivity contribution is 5.69. The average Bonchev–Trinajstić information content (AvgIpc) is 3.67. The number of carbonyl (C=O) groups is 1. The minimum Gasteiger partial charge on any atom is -0.457 e. The lowest BCUT2D eigenvalue weighted by Crippen LogP contribution is -2.61. The van der Waals surface area contributed by atoms with Crippen LogP contribution in [0.5, 0.6) is 0 Å². The number of ether oxygens (including phenoxy) is 6. The van der Waals surface area contributed by atoms with E-state index in [1.807, 2.05) is 0 Å². The van der Waals surface area contributed by atoms with E-state index in [1.165, 1.54) is 83.5 Å². The molecule has 0 spiro atoms. The first-order valence-electron chi connectivity index (χ1n) is 32.5. The van der Waals surface area contributed by atoms with Gasteiger partial charge in [0.25, 0.3) is 0 Å². The Bertz CT molecular complexity index is 1790. The van der Waals surface area contributed by atoms with E-state index < -0.39 is 80.7 Å². The summed E-state index contributed by atoms with van der Waals surface area (Å²) in [4.78, 5) is 13.1. The van der Waals surface area contributed by atoms with Crippen molar-refractivity contribution in [2.75, 3.05) is 33.0 Å². The van der Waals surface area contributed by atoms with Gasteiger partial charge < -0.3 is 64.2 Å². The molecule has 0 saturated carbocycles. The van der Waals surface area contributed by atoms with Crippen LogP contribution in [-0.4, -0.2) is 142 Å². The van der Waals surface area contributed by atoms with E-state index in [-0.39, 0.29) is 25.6 Å². The summed E-state index contributed by atoms with van der Waals surface area (Å²) < 4.78 is 34.5. The molecule has 2 aliphatic rings. The third-order valence-electron chi connectivity index (χ3n) is 14.8. The number of unbranched alkanes of at least 4 members (excludes halogenated alkanes) is 20. The van der Waals surface area contributed by atoms with Crippen molar-refractivity contribution in [2.24, 2.45) is 0 Å². The maximum atomic E-state index is 13.1. The van der Waals surface area contributed by atoms with Gasteiger partial charge in [0, 0.05) is 13.0 Å². The van der Waals surface area contributed by atoms with Gasteiger partial charge in [0.2, 0.25) is 0 Å². The van der Waals surface area contributed by atoms with Crippen LogP contribution in [0.2, 0.25) is 0 Å². The smallest absolute Gasteiger partial charge is 0.306 e. The molecule has 2 heterocycles. The van der Waals surface area contributed by atoms with Crippen molar-refractivity contribution in [3.05, 3.63) is 109 Å². The predicted octanol–water partition coefficient (Wildman–Crippen LogP) is 13.1. The molecule has 0 bridgehead atoms. The van der Waals surface area contributed by atoms with Gasteiger partial charge in [-0.2, -0.15) is 0 Å². The van der Waals surface area contributed by atoms with Crippen LogP contribution >= 0.6 is 0 Å². The lowest BCUT2D eigenvalue weighted by atomic mass is 9.98. The summed E-state index contributed by atoms with van der Waals surface area (Å²) in [5.41, 5.74) is 0. The van der Waals surface area contributed by atoms with Gasteiger partial charge in [-0.1, -0.05) is 226 Å². The molecule has 14 nitrogen and oxygen atoms in total. The Labute approximate surface area is 502 Å². The third kappa shape index (κ3) is 39.9. The van der Waals surface area contributed by atoms with Crippen LogP contribution in [0, 0.1) is 0 Å². The number of esters is 1. The zero-order chi connectivity index (χ0) is 60.1. The number of rotatable bonds is 52. The van der Waals surface area contributed by atoms with Crippen molar-refractivity contribution >= 4 is 5.97 Å². The Hall–Kier alpha value is -3.35. The Morgan fingerprint density at radius 3 is 1.17 bits per heavy atom. The standard InChI is InChI=1S/C69H116O14/c1-3-5-7-9-11-13-15-17-19-21-23-25-27-29-30-32-34-36-38-40-42-44-46-48-50-52-61(71)81-58(56-79-68-67(77)65(75)63(73)60(83-68)57-80-69-66(76)64(74)62(72)59(54-70)82-69)55-78-53-51-49-47-45-43-41-39-37-35-33-31-28-26-24-22-20-18-16-14-12-10-8-6-4-2/h5-8,11-14,17-20,23-26,29-30,58-60,62-70,72-77H,3-4,9-10,15-16,21-22,27-28,31-57H2,1-2H3/b7-5-,8-6-,13-11-,14-12-,19-17-,20-18-,25-23-,26-24-,30-29-. The number of hydrogen-bond acceptors (Lipinski definition) is 14. The molecule has 7 N–H and O–H groups in total. The summed E-state index contributed by atoms with van der Waals surface area (Å²) in [6.07, 6.45) is 58.6. The summed E-state index contributed by atoms with van der Waals surface area (Å²) in [7, 11) is 0. The van der Waals surface area contributed by atoms with Crippen LogP contribution < -0.4 is 0 Å². The second kappa shape index (κ2) is 54.1. The first kappa shape index (κ1) is 75.7. The van der Waals surface area contributed by atoms with Gasteiger partial charge in [-0.15, -0.1) is 0 Å². The van der Waals surface area contributed by atoms with Gasteiger partial charge in [0.1, 0.15) is 54.9 Å². The summed E-state index contributed by atoms with van der Waals surface area (Å²) in [5.74, 6) is -0.386. The number of carbonyl (C=O) groups excluding carboxylic acids is 1. The SMILES string of the molecule is CC/C=C\C/C=C\C/C=C\C/C=C\C/C=C\CCCCCCCCCCCC(=O)OC(COCCCCCCCCCCCCC/C=C\C/C=C\C/C=C\C/C=C\CC)COC1OC(COC2OC(CO)C(O)C(O)C2O)C(O)C(O)C1O. The van der Waals surface area contributed by atoms with Crippen LogP contribution in [0.4, 0.5) is 0 Å². The number of allylic oxidation sites excluding steroid dienone is 18. The molecule has 2 aliphatic heterocycles. The lowest BCUT2D eigenvalue weighted by molar-refractivity contribution is -0.332. The fourth-order valence-electron chi connectivity index (χ4n) is 9.66. The number of hydrogen-bond donors (Lipinski definition) is 7. The zero-order valence-corrected chi connectivity index (χ0v) is 51.4. The van der Waals surface area contributed by atoms with Crippen LogP contribution in [0.25, 0.3) is 0 Å². The summed E-state index contributed by atoms with van der Waals surface area (Å²) in [6, 6.07) is 0. The maximum Gasteiger partial charge on any atom is 0.306 e. The molecule has 2 fully saturated rings. The van der Waals surface area contributed by atoms with Gasteiger partial charge in [-0.05, 0) is 96.3 Å². The second-order valence-electron chi connectivity index (χ2n) is 22.2. The minimum absolute atomic E-state index is 0.0507. The van der Waals surface area contributed by atoms with Gasteiger partial charge >= 0.3 is 5.97 Å². The normalized spacial score (nSPS) is 24.2. The van der Waals surface area contributed by atoms with Crippen molar-refractivity contribution in [3.8, 4) is 0 Å². The van der Waals surface area contributed by atoms with Gasteiger partial charge in [-0.3, -0.25) is 4.79 Å². The van der Waals surface area contributed by atoms with Crippen molar-refractivity contribution < 1.29 is 69.0 Å². The molecule has 0 radical (unpaired) electrons.